The number of aromatic nitrogens is 6. The first-order chi connectivity index (χ1) is 21.7. The molecule has 9 nitrogen and oxygen atoms in total. The van der Waals surface area contributed by atoms with E-state index in [1.807, 2.05) is 18.2 Å². The minimum Gasteiger partial charge on any atom is -0.416 e. The predicted molar refractivity (Wildman–Crippen MR) is 181 cm³/mol. The fourth-order valence-corrected chi connectivity index (χ4v) is 6.01. The minimum atomic E-state index is 0.202. The average molecular weight is 851 g/mol. The van der Waals surface area contributed by atoms with Crippen LogP contribution in [0.25, 0.3) is 68.7 Å². The van der Waals surface area contributed by atoms with E-state index >= 15 is 0 Å². The molecule has 3 aromatic heterocycles. The van der Waals surface area contributed by atoms with Gasteiger partial charge in [-0.1, -0.05) is 82.6 Å². The molecule has 7 aromatic rings. The Hall–Kier alpha value is -3.39. The van der Waals surface area contributed by atoms with E-state index in [1.165, 1.54) is 0 Å². The van der Waals surface area contributed by atoms with Gasteiger partial charge in [-0.15, -0.1) is 30.6 Å². The van der Waals surface area contributed by atoms with Gasteiger partial charge in [0.1, 0.15) is 0 Å². The molecular weight excluding hydrogens is 838 g/mol. The van der Waals surface area contributed by atoms with Crippen LogP contribution in [0.5, 0.6) is 0 Å². The molecule has 4 aromatic carbocycles. The van der Waals surface area contributed by atoms with Crippen molar-refractivity contribution < 1.29 is 13.3 Å². The molecule has 0 bridgehead atoms. The van der Waals surface area contributed by atoms with Crippen molar-refractivity contribution in [2.75, 3.05) is 0 Å². The molecule has 0 amide bonds. The van der Waals surface area contributed by atoms with E-state index in [0.717, 1.165) is 13.4 Å². The van der Waals surface area contributed by atoms with Crippen LogP contribution in [0.4, 0.5) is 0 Å². The summed E-state index contributed by atoms with van der Waals surface area (Å²) in [6.07, 6.45) is 0. The third kappa shape index (κ3) is 6.23. The van der Waals surface area contributed by atoms with Crippen molar-refractivity contribution in [2.24, 2.45) is 0 Å². The zero-order valence-corrected chi connectivity index (χ0v) is 29.1. The van der Waals surface area contributed by atoms with Crippen LogP contribution in [0.1, 0.15) is 0 Å². The number of rotatable bonds is 6. The lowest BCUT2D eigenvalue weighted by atomic mass is 10.1. The Morgan fingerprint density at radius 3 is 0.933 bits per heavy atom. The van der Waals surface area contributed by atoms with E-state index < -0.39 is 0 Å². The fraction of sp³-hybridized carbons (Fsp3) is 0. The van der Waals surface area contributed by atoms with Gasteiger partial charge in [-0.2, -0.15) is 0 Å². The maximum atomic E-state index is 6.42. The van der Waals surface area contributed by atoms with Crippen LogP contribution in [0.15, 0.2) is 99.5 Å². The van der Waals surface area contributed by atoms with Crippen molar-refractivity contribution in [1.82, 2.24) is 30.6 Å². The Balaban J connectivity index is 1.34. The lowest BCUT2D eigenvalue weighted by molar-refractivity contribution is 0.580. The molecular formula is C30H12Br3Cl3N6O3. The monoisotopic (exact) mass is 846 g/mol. The van der Waals surface area contributed by atoms with Gasteiger partial charge in [0.05, 0.1) is 31.8 Å². The third-order valence-corrected chi connectivity index (χ3v) is 8.89. The third-order valence-electron chi connectivity index (χ3n) is 6.43. The maximum Gasteiger partial charge on any atom is 0.249 e. The van der Waals surface area contributed by atoms with Crippen LogP contribution < -0.4 is 0 Å². The standard InChI is InChI=1S/C30H12Br3Cl3N6O3/c31-16-1-4-22(34)19(10-16)28-40-37-25(43-28)13-7-14(26-38-41-29(44-26)20-11-17(32)2-5-23(20)35)9-15(8-13)27-39-42-30(45-27)21-12-18(33)3-6-24(21)36/h1-12H. The van der Waals surface area contributed by atoms with E-state index in [-0.39, 0.29) is 35.3 Å². The van der Waals surface area contributed by atoms with E-state index in [4.69, 9.17) is 48.1 Å². The zero-order valence-electron chi connectivity index (χ0n) is 22.1. The van der Waals surface area contributed by atoms with Gasteiger partial charge in [-0.05, 0) is 72.8 Å². The molecule has 0 saturated carbocycles. The quantitative estimate of drug-likeness (QED) is 0.161. The first kappa shape index (κ1) is 30.3. The van der Waals surface area contributed by atoms with Crippen molar-refractivity contribution in [2.45, 2.75) is 0 Å². The summed E-state index contributed by atoms with van der Waals surface area (Å²) in [5, 5.41) is 26.9. The Bertz CT molecular complexity index is 1980. The van der Waals surface area contributed by atoms with Crippen molar-refractivity contribution in [3.63, 3.8) is 0 Å². The minimum absolute atomic E-state index is 0.202. The van der Waals surface area contributed by atoms with Crippen molar-refractivity contribution in [3.8, 4) is 68.7 Å². The predicted octanol–water partition coefficient (Wildman–Crippen LogP) is 11.1. The van der Waals surface area contributed by atoms with E-state index in [9.17, 15) is 0 Å². The first-order valence-corrected chi connectivity index (χ1v) is 16.3. The summed E-state index contributed by atoms with van der Waals surface area (Å²) in [7, 11) is 0. The highest BCUT2D eigenvalue weighted by Gasteiger charge is 2.21. The maximum absolute atomic E-state index is 6.42. The van der Waals surface area contributed by atoms with Crippen molar-refractivity contribution in [1.29, 1.82) is 0 Å². The van der Waals surface area contributed by atoms with Crippen molar-refractivity contribution >= 4 is 82.6 Å². The summed E-state index contributed by atoms with van der Waals surface area (Å²) in [6, 6.07) is 21.3. The largest absolute Gasteiger partial charge is 0.416 e. The summed E-state index contributed by atoms with van der Waals surface area (Å²) >= 11 is 29.6. The van der Waals surface area contributed by atoms with Gasteiger partial charge < -0.3 is 13.3 Å². The molecule has 0 aliphatic heterocycles. The van der Waals surface area contributed by atoms with Crippen molar-refractivity contribution in [3.05, 3.63) is 101 Å². The fourth-order valence-electron chi connectivity index (χ4n) is 4.33. The number of nitrogens with zero attached hydrogens (tertiary/aromatic N) is 6. The molecule has 0 aliphatic carbocycles. The molecule has 0 fully saturated rings. The van der Waals surface area contributed by atoms with E-state index in [1.54, 1.807) is 54.6 Å². The molecule has 45 heavy (non-hydrogen) atoms. The second-order valence-electron chi connectivity index (χ2n) is 9.41. The number of hydrogen-bond acceptors (Lipinski definition) is 9. The van der Waals surface area contributed by atoms with Gasteiger partial charge in [0.2, 0.25) is 35.3 Å². The summed E-state index contributed by atoms with van der Waals surface area (Å²) in [5.74, 6) is 1.31. The Labute approximate surface area is 294 Å². The lowest BCUT2D eigenvalue weighted by Gasteiger charge is -2.04. The molecule has 3 heterocycles. The number of hydrogen-bond donors (Lipinski definition) is 0. The number of benzene rings is 4. The molecule has 0 atom stereocenters. The lowest BCUT2D eigenvalue weighted by Crippen LogP contribution is -1.87. The zero-order chi connectivity index (χ0) is 31.2. The average Bonchev–Trinajstić information content (AvgIpc) is 3.82. The molecule has 7 rings (SSSR count). The summed E-state index contributed by atoms with van der Waals surface area (Å²) in [4.78, 5) is 0. The van der Waals surface area contributed by atoms with Crippen LogP contribution in [0.3, 0.4) is 0 Å². The summed E-state index contributed by atoms with van der Waals surface area (Å²) < 4.78 is 20.6. The highest BCUT2D eigenvalue weighted by Crippen LogP contribution is 2.38. The van der Waals surface area contributed by atoms with Gasteiger partial charge in [0, 0.05) is 30.1 Å². The SMILES string of the molecule is Clc1ccc(Br)cc1-c1nnc(-c2cc(-c3nnc(-c4cc(Br)ccc4Cl)o3)cc(-c3nnc(-c4cc(Br)ccc4Cl)o3)c2)o1. The summed E-state index contributed by atoms with van der Waals surface area (Å²) in [6.45, 7) is 0. The Morgan fingerprint density at radius 2 is 0.644 bits per heavy atom. The molecule has 0 radical (unpaired) electrons. The normalized spacial score (nSPS) is 11.3. The van der Waals surface area contributed by atoms with E-state index in [2.05, 4.69) is 78.4 Å². The Kier molecular flexibility index (Phi) is 8.36. The molecule has 15 heteroatoms. The van der Waals surface area contributed by atoms with Gasteiger partial charge in [-0.3, -0.25) is 0 Å². The summed E-state index contributed by atoms with van der Waals surface area (Å²) in [5.41, 5.74) is 3.27. The molecule has 0 unspecified atom stereocenters. The van der Waals surface area contributed by atoms with Crippen LogP contribution in [0, 0.1) is 0 Å². The highest BCUT2D eigenvalue weighted by molar-refractivity contribution is 9.11. The Morgan fingerprint density at radius 1 is 0.378 bits per heavy atom. The van der Waals surface area contributed by atoms with Gasteiger partial charge in [0.25, 0.3) is 0 Å². The van der Waals surface area contributed by atoms with Crippen LogP contribution in [-0.4, -0.2) is 30.6 Å². The van der Waals surface area contributed by atoms with Crippen LogP contribution in [0.2, 0.25) is 15.1 Å². The molecule has 0 aliphatic rings. The number of halogens is 6. The van der Waals surface area contributed by atoms with Gasteiger partial charge in [0.15, 0.2) is 0 Å². The highest BCUT2D eigenvalue weighted by atomic mass is 79.9. The van der Waals surface area contributed by atoms with Gasteiger partial charge in [-0.25, -0.2) is 0 Å². The van der Waals surface area contributed by atoms with Gasteiger partial charge >= 0.3 is 0 Å². The molecule has 222 valence electrons. The second kappa shape index (κ2) is 12.4. The first-order valence-electron chi connectivity index (χ1n) is 12.7. The smallest absolute Gasteiger partial charge is 0.249 e. The van der Waals surface area contributed by atoms with E-state index in [0.29, 0.717) is 48.4 Å². The molecule has 0 saturated heterocycles. The second-order valence-corrected chi connectivity index (χ2v) is 13.4. The molecule has 0 N–H and O–H groups in total. The van der Waals surface area contributed by atoms with Crippen LogP contribution in [-0.2, 0) is 0 Å². The topological polar surface area (TPSA) is 117 Å². The van der Waals surface area contributed by atoms with Crippen LogP contribution >= 0.6 is 82.6 Å². The molecule has 0 spiro atoms.